The molecule has 0 atom stereocenters. The zero-order valence-corrected chi connectivity index (χ0v) is 8.08. The molecule has 1 rings (SSSR count). The van der Waals surface area contributed by atoms with Crippen molar-refractivity contribution < 1.29 is 17.9 Å². The minimum Gasteiger partial charge on any atom is -0.404 e. The van der Waals surface area contributed by atoms with E-state index in [1.54, 1.807) is 6.92 Å². The molecule has 14 heavy (non-hydrogen) atoms. The van der Waals surface area contributed by atoms with Crippen LogP contribution in [0.3, 0.4) is 0 Å². The minimum absolute atomic E-state index is 0. The third-order valence-electron chi connectivity index (χ3n) is 1.39. The number of rotatable bonds is 1. The molecular formula is C8H9ClF3NO. The van der Waals surface area contributed by atoms with Crippen LogP contribution in [0.15, 0.2) is 18.2 Å². The number of hydrogen-bond acceptors (Lipinski definition) is 2. The van der Waals surface area contributed by atoms with Crippen LogP contribution in [0.2, 0.25) is 0 Å². The summed E-state index contributed by atoms with van der Waals surface area (Å²) in [4.78, 5) is 0. The van der Waals surface area contributed by atoms with Crippen molar-refractivity contribution in [2.45, 2.75) is 13.3 Å². The van der Waals surface area contributed by atoms with Crippen molar-refractivity contribution in [3.63, 3.8) is 0 Å². The summed E-state index contributed by atoms with van der Waals surface area (Å²) < 4.78 is 38.9. The molecule has 2 N–H and O–H groups in total. The van der Waals surface area contributed by atoms with Crippen molar-refractivity contribution in [2.75, 3.05) is 5.73 Å². The molecule has 0 aliphatic rings. The molecule has 0 aliphatic heterocycles. The maximum atomic E-state index is 11.7. The first-order valence-corrected chi connectivity index (χ1v) is 3.50. The van der Waals surface area contributed by atoms with Gasteiger partial charge in [-0.15, -0.1) is 25.6 Å². The molecule has 1 aromatic rings. The van der Waals surface area contributed by atoms with Crippen LogP contribution in [-0.2, 0) is 0 Å². The second-order valence-corrected chi connectivity index (χ2v) is 2.59. The van der Waals surface area contributed by atoms with E-state index in [0.29, 0.717) is 0 Å². The van der Waals surface area contributed by atoms with Gasteiger partial charge in [-0.1, -0.05) is 6.07 Å². The predicted octanol–water partition coefficient (Wildman–Crippen LogP) is 2.90. The van der Waals surface area contributed by atoms with Crippen LogP contribution in [0.1, 0.15) is 5.56 Å². The average molecular weight is 228 g/mol. The van der Waals surface area contributed by atoms with Gasteiger partial charge in [0.15, 0.2) is 5.75 Å². The molecule has 0 unspecified atom stereocenters. The van der Waals surface area contributed by atoms with E-state index >= 15 is 0 Å². The number of nitrogens with two attached hydrogens (primary N) is 1. The molecule has 6 heteroatoms. The second kappa shape index (κ2) is 4.41. The van der Waals surface area contributed by atoms with Gasteiger partial charge in [-0.25, -0.2) is 0 Å². The smallest absolute Gasteiger partial charge is 0.404 e. The number of nitrogen functional groups attached to an aromatic ring is 1. The highest BCUT2D eigenvalue weighted by Crippen LogP contribution is 2.28. The normalized spacial score (nSPS) is 10.6. The van der Waals surface area contributed by atoms with Crippen LogP contribution in [0.4, 0.5) is 18.9 Å². The van der Waals surface area contributed by atoms with Gasteiger partial charge in [0, 0.05) is 0 Å². The van der Waals surface area contributed by atoms with Crippen molar-refractivity contribution in [2.24, 2.45) is 0 Å². The summed E-state index contributed by atoms with van der Waals surface area (Å²) in [6, 6.07) is 4.11. The predicted molar refractivity (Wildman–Crippen MR) is 49.5 cm³/mol. The Morgan fingerprint density at radius 1 is 1.29 bits per heavy atom. The van der Waals surface area contributed by atoms with E-state index in [-0.39, 0.29) is 23.8 Å². The van der Waals surface area contributed by atoms with Crippen LogP contribution < -0.4 is 10.5 Å². The molecule has 2 nitrogen and oxygen atoms in total. The highest BCUT2D eigenvalue weighted by molar-refractivity contribution is 5.85. The molecule has 0 spiro atoms. The number of halogens is 4. The molecule has 0 aromatic heterocycles. The minimum atomic E-state index is -4.69. The molecule has 0 amide bonds. The number of hydrogen-bond donors (Lipinski definition) is 1. The fraction of sp³-hybridized carbons (Fsp3) is 0.250. The number of aryl methyl sites for hydroxylation is 1. The summed E-state index contributed by atoms with van der Waals surface area (Å²) in [5, 5.41) is 0. The lowest BCUT2D eigenvalue weighted by Gasteiger charge is -2.10. The van der Waals surface area contributed by atoms with E-state index in [0.717, 1.165) is 5.56 Å². The van der Waals surface area contributed by atoms with Gasteiger partial charge in [0.1, 0.15) is 0 Å². The van der Waals surface area contributed by atoms with Crippen molar-refractivity contribution in [3.8, 4) is 5.75 Å². The van der Waals surface area contributed by atoms with Crippen molar-refractivity contribution in [3.05, 3.63) is 23.8 Å². The monoisotopic (exact) mass is 227 g/mol. The molecular weight excluding hydrogens is 219 g/mol. The van der Waals surface area contributed by atoms with Gasteiger partial charge in [-0.05, 0) is 24.6 Å². The maximum absolute atomic E-state index is 11.7. The zero-order valence-electron chi connectivity index (χ0n) is 7.26. The van der Waals surface area contributed by atoms with Gasteiger partial charge >= 0.3 is 6.36 Å². The molecule has 0 bridgehead atoms. The molecule has 0 aliphatic carbocycles. The lowest BCUT2D eigenvalue weighted by molar-refractivity contribution is -0.274. The maximum Gasteiger partial charge on any atom is 0.573 e. The Morgan fingerprint density at radius 3 is 2.29 bits per heavy atom. The highest BCUT2D eigenvalue weighted by atomic mass is 35.5. The Hall–Kier alpha value is -1.10. The summed E-state index contributed by atoms with van der Waals surface area (Å²) in [5.74, 6) is -0.363. The lowest BCUT2D eigenvalue weighted by Crippen LogP contribution is -2.17. The van der Waals surface area contributed by atoms with Crippen molar-refractivity contribution >= 4 is 18.1 Å². The van der Waals surface area contributed by atoms with Gasteiger partial charge in [0.05, 0.1) is 5.69 Å². The summed E-state index contributed by atoms with van der Waals surface area (Å²) >= 11 is 0. The van der Waals surface area contributed by atoms with E-state index < -0.39 is 6.36 Å². The fourth-order valence-electron chi connectivity index (χ4n) is 0.886. The first-order chi connectivity index (χ1) is 5.88. The van der Waals surface area contributed by atoms with E-state index in [1.165, 1.54) is 18.2 Å². The Kier molecular flexibility index (Phi) is 4.07. The second-order valence-electron chi connectivity index (χ2n) is 2.59. The lowest BCUT2D eigenvalue weighted by atomic mass is 10.2. The molecule has 0 heterocycles. The quantitative estimate of drug-likeness (QED) is 0.749. The number of alkyl halides is 3. The Bertz CT molecular complexity index is 314. The number of anilines is 1. The van der Waals surface area contributed by atoms with E-state index in [2.05, 4.69) is 4.74 Å². The van der Waals surface area contributed by atoms with Crippen molar-refractivity contribution in [1.82, 2.24) is 0 Å². The molecule has 0 fully saturated rings. The Morgan fingerprint density at radius 2 is 1.86 bits per heavy atom. The largest absolute Gasteiger partial charge is 0.573 e. The van der Waals surface area contributed by atoms with Gasteiger partial charge in [-0.3, -0.25) is 0 Å². The Labute approximate surface area is 85.3 Å². The summed E-state index contributed by atoms with van der Waals surface area (Å²) in [5.41, 5.74) is 6.07. The topological polar surface area (TPSA) is 35.2 Å². The molecule has 80 valence electrons. The van der Waals surface area contributed by atoms with Crippen LogP contribution in [0.5, 0.6) is 5.75 Å². The fourth-order valence-corrected chi connectivity index (χ4v) is 0.886. The number of benzene rings is 1. The third-order valence-corrected chi connectivity index (χ3v) is 1.39. The Balaban J connectivity index is 0.00000169. The molecule has 0 radical (unpaired) electrons. The summed E-state index contributed by atoms with van der Waals surface area (Å²) in [7, 11) is 0. The van der Waals surface area contributed by atoms with Crippen molar-refractivity contribution in [1.29, 1.82) is 0 Å². The standard InChI is InChI=1S/C8H8F3NO.ClH/c1-5-2-3-7(6(12)4-5)13-8(9,10)11;/h2-4H,12H2,1H3;1H. The van der Waals surface area contributed by atoms with E-state index in [1.807, 2.05) is 0 Å². The van der Waals surface area contributed by atoms with Crippen LogP contribution >= 0.6 is 12.4 Å². The highest BCUT2D eigenvalue weighted by Gasteiger charge is 2.31. The SMILES string of the molecule is Cc1ccc(OC(F)(F)F)c(N)c1.Cl. The summed E-state index contributed by atoms with van der Waals surface area (Å²) in [6.45, 7) is 1.73. The third kappa shape index (κ3) is 3.74. The van der Waals surface area contributed by atoms with E-state index in [9.17, 15) is 13.2 Å². The van der Waals surface area contributed by atoms with Gasteiger partial charge in [-0.2, -0.15) is 0 Å². The van der Waals surface area contributed by atoms with Gasteiger partial charge in [0.2, 0.25) is 0 Å². The van der Waals surface area contributed by atoms with Crippen LogP contribution in [-0.4, -0.2) is 6.36 Å². The molecule has 1 aromatic carbocycles. The molecule has 0 saturated carbocycles. The summed E-state index contributed by atoms with van der Waals surface area (Å²) in [6.07, 6.45) is -4.69. The van der Waals surface area contributed by atoms with Crippen LogP contribution in [0.25, 0.3) is 0 Å². The zero-order chi connectivity index (χ0) is 10.1. The first-order valence-electron chi connectivity index (χ1n) is 3.50. The number of ether oxygens (including phenoxy) is 1. The first kappa shape index (κ1) is 12.9. The van der Waals surface area contributed by atoms with E-state index in [4.69, 9.17) is 5.73 Å². The van der Waals surface area contributed by atoms with Crippen LogP contribution in [0, 0.1) is 6.92 Å². The van der Waals surface area contributed by atoms with Gasteiger partial charge < -0.3 is 10.5 Å². The average Bonchev–Trinajstić information content (AvgIpc) is 1.93. The van der Waals surface area contributed by atoms with Gasteiger partial charge in [0.25, 0.3) is 0 Å². The molecule has 0 saturated heterocycles.